The van der Waals surface area contributed by atoms with E-state index in [1.165, 1.54) is 38.2 Å². The van der Waals surface area contributed by atoms with Crippen LogP contribution in [0.15, 0.2) is 24.3 Å². The summed E-state index contributed by atoms with van der Waals surface area (Å²) in [4.78, 5) is 22.8. The van der Waals surface area contributed by atoms with Crippen LogP contribution >= 0.6 is 0 Å². The van der Waals surface area contributed by atoms with Gasteiger partial charge in [-0.1, -0.05) is 44.2 Å². The average Bonchev–Trinajstić information content (AvgIpc) is 2.48. The second-order valence-electron chi connectivity index (χ2n) is 5.82. The second-order valence-corrected chi connectivity index (χ2v) is 5.82. The first-order chi connectivity index (χ1) is 10.1. The molecule has 0 atom stereocenters. The minimum absolute atomic E-state index is 0.0339. The fraction of sp³-hybridized carbons (Fsp3) is 0.529. The molecule has 4 heteroatoms. The number of aromatic carboxylic acids is 1. The molecule has 1 aromatic carbocycles. The number of hydrogen-bond donors (Lipinski definition) is 2. The average molecular weight is 289 g/mol. The van der Waals surface area contributed by atoms with Crippen LogP contribution in [0.3, 0.4) is 0 Å². The number of rotatable bonds is 6. The number of hydrogen-bond acceptors (Lipinski definition) is 2. The number of carboxylic acids is 1. The fourth-order valence-corrected chi connectivity index (χ4v) is 2.95. The largest absolute Gasteiger partial charge is 0.478 e. The Kier molecular flexibility index (Phi) is 5.78. The summed E-state index contributed by atoms with van der Waals surface area (Å²) in [5.41, 5.74) is 0.965. The van der Waals surface area contributed by atoms with Crippen LogP contribution in [0.1, 0.15) is 54.4 Å². The molecule has 1 fully saturated rings. The highest BCUT2D eigenvalue weighted by Gasteiger charge is 2.13. The third kappa shape index (κ3) is 5.21. The van der Waals surface area contributed by atoms with Gasteiger partial charge in [-0.15, -0.1) is 0 Å². The minimum atomic E-state index is -0.963. The molecular weight excluding hydrogens is 266 g/mol. The van der Waals surface area contributed by atoms with E-state index >= 15 is 0 Å². The molecule has 1 aromatic rings. The van der Waals surface area contributed by atoms with Gasteiger partial charge in [-0.25, -0.2) is 4.79 Å². The van der Waals surface area contributed by atoms with Crippen LogP contribution in [0.4, 0.5) is 0 Å². The van der Waals surface area contributed by atoms with Crippen LogP contribution in [-0.2, 0) is 11.2 Å². The molecule has 21 heavy (non-hydrogen) atoms. The third-order valence-electron chi connectivity index (χ3n) is 4.14. The Hall–Kier alpha value is -1.84. The first-order valence-electron chi connectivity index (χ1n) is 7.74. The van der Waals surface area contributed by atoms with Crippen molar-refractivity contribution >= 4 is 11.9 Å². The minimum Gasteiger partial charge on any atom is -0.478 e. The smallest absolute Gasteiger partial charge is 0.335 e. The number of amides is 1. The Labute approximate surface area is 125 Å². The van der Waals surface area contributed by atoms with Crippen molar-refractivity contribution < 1.29 is 14.7 Å². The van der Waals surface area contributed by atoms with Gasteiger partial charge < -0.3 is 10.4 Å². The van der Waals surface area contributed by atoms with Crippen molar-refractivity contribution in [3.8, 4) is 0 Å². The molecule has 0 bridgehead atoms. The normalized spacial score (nSPS) is 15.6. The van der Waals surface area contributed by atoms with Gasteiger partial charge in [0.15, 0.2) is 0 Å². The van der Waals surface area contributed by atoms with E-state index in [1.54, 1.807) is 18.2 Å². The highest BCUT2D eigenvalue weighted by Crippen LogP contribution is 2.25. The van der Waals surface area contributed by atoms with Crippen molar-refractivity contribution in [1.82, 2.24) is 5.32 Å². The zero-order valence-corrected chi connectivity index (χ0v) is 12.3. The van der Waals surface area contributed by atoms with Gasteiger partial charge in [0.05, 0.1) is 12.0 Å². The summed E-state index contributed by atoms with van der Waals surface area (Å²) in [5.74, 6) is -0.239. The quantitative estimate of drug-likeness (QED) is 0.846. The molecule has 2 rings (SSSR count). The Morgan fingerprint density at radius 1 is 1.19 bits per heavy atom. The van der Waals surface area contributed by atoms with Gasteiger partial charge in [0.1, 0.15) is 0 Å². The van der Waals surface area contributed by atoms with E-state index < -0.39 is 5.97 Å². The maximum Gasteiger partial charge on any atom is 0.335 e. The molecule has 1 saturated carbocycles. The van der Waals surface area contributed by atoms with Gasteiger partial charge in [-0.05, 0) is 30.0 Å². The summed E-state index contributed by atoms with van der Waals surface area (Å²) in [6.45, 7) is 0.724. The number of carboxylic acid groups (broad SMARTS) is 1. The van der Waals surface area contributed by atoms with Crippen molar-refractivity contribution in [2.24, 2.45) is 5.92 Å². The van der Waals surface area contributed by atoms with Crippen LogP contribution in [-0.4, -0.2) is 23.5 Å². The summed E-state index contributed by atoms with van der Waals surface area (Å²) < 4.78 is 0. The molecule has 0 aromatic heterocycles. The monoisotopic (exact) mass is 289 g/mol. The first kappa shape index (κ1) is 15.5. The third-order valence-corrected chi connectivity index (χ3v) is 4.14. The summed E-state index contributed by atoms with van der Waals surface area (Å²) in [6.07, 6.45) is 7.86. The Morgan fingerprint density at radius 2 is 1.95 bits per heavy atom. The summed E-state index contributed by atoms with van der Waals surface area (Å²) in [7, 11) is 0. The molecule has 1 amide bonds. The maximum absolute atomic E-state index is 11.9. The Balaban J connectivity index is 1.73. The zero-order chi connectivity index (χ0) is 15.1. The van der Waals surface area contributed by atoms with E-state index in [1.807, 2.05) is 0 Å². The predicted octanol–water partition coefficient (Wildman–Crippen LogP) is 3.01. The lowest BCUT2D eigenvalue weighted by atomic mass is 9.87. The zero-order valence-electron chi connectivity index (χ0n) is 12.3. The van der Waals surface area contributed by atoms with E-state index in [4.69, 9.17) is 5.11 Å². The molecule has 0 unspecified atom stereocenters. The summed E-state index contributed by atoms with van der Waals surface area (Å²) >= 11 is 0. The number of carbonyl (C=O) groups is 2. The summed E-state index contributed by atoms with van der Waals surface area (Å²) in [5, 5.41) is 11.9. The molecule has 114 valence electrons. The van der Waals surface area contributed by atoms with Crippen molar-refractivity contribution in [3.05, 3.63) is 35.4 Å². The van der Waals surface area contributed by atoms with Gasteiger partial charge in [-0.3, -0.25) is 4.79 Å². The number of benzene rings is 1. The SMILES string of the molecule is O=C(Cc1cccc(C(=O)O)c1)NCCC1CCCCC1. The molecule has 0 radical (unpaired) electrons. The second kappa shape index (κ2) is 7.81. The van der Waals surface area contributed by atoms with Crippen LogP contribution in [0, 0.1) is 5.92 Å². The van der Waals surface area contributed by atoms with Crippen molar-refractivity contribution in [3.63, 3.8) is 0 Å². The molecule has 1 aliphatic rings. The topological polar surface area (TPSA) is 66.4 Å². The Bertz CT molecular complexity index is 493. The number of nitrogens with one attached hydrogen (secondary N) is 1. The van der Waals surface area contributed by atoms with Gasteiger partial charge in [0.25, 0.3) is 0 Å². The molecule has 2 N–H and O–H groups in total. The van der Waals surface area contributed by atoms with E-state index in [0.29, 0.717) is 0 Å². The molecule has 4 nitrogen and oxygen atoms in total. The number of carbonyl (C=O) groups excluding carboxylic acids is 1. The Morgan fingerprint density at radius 3 is 2.67 bits per heavy atom. The fourth-order valence-electron chi connectivity index (χ4n) is 2.95. The lowest BCUT2D eigenvalue weighted by Crippen LogP contribution is -2.27. The van der Waals surface area contributed by atoms with E-state index in [0.717, 1.165) is 24.4 Å². The van der Waals surface area contributed by atoms with Crippen LogP contribution in [0.5, 0.6) is 0 Å². The predicted molar refractivity (Wildman–Crippen MR) is 81.3 cm³/mol. The van der Waals surface area contributed by atoms with Gasteiger partial charge in [0, 0.05) is 6.54 Å². The molecule has 0 aliphatic heterocycles. The molecule has 0 heterocycles. The first-order valence-corrected chi connectivity index (χ1v) is 7.74. The van der Waals surface area contributed by atoms with Crippen molar-refractivity contribution in [2.75, 3.05) is 6.54 Å². The molecular formula is C17H23NO3. The van der Waals surface area contributed by atoms with Crippen molar-refractivity contribution in [1.29, 1.82) is 0 Å². The van der Waals surface area contributed by atoms with Gasteiger partial charge in [0.2, 0.25) is 5.91 Å². The standard InChI is InChI=1S/C17H23NO3/c19-16(18-10-9-13-5-2-1-3-6-13)12-14-7-4-8-15(11-14)17(20)21/h4,7-8,11,13H,1-3,5-6,9-10,12H2,(H,18,19)(H,20,21). The van der Waals surface area contributed by atoms with E-state index in [9.17, 15) is 9.59 Å². The highest BCUT2D eigenvalue weighted by molar-refractivity contribution is 5.88. The van der Waals surface area contributed by atoms with Crippen LogP contribution in [0.25, 0.3) is 0 Å². The van der Waals surface area contributed by atoms with Crippen LogP contribution in [0.2, 0.25) is 0 Å². The summed E-state index contributed by atoms with van der Waals surface area (Å²) in [6, 6.07) is 6.55. The van der Waals surface area contributed by atoms with Crippen LogP contribution < -0.4 is 5.32 Å². The van der Waals surface area contributed by atoms with Gasteiger partial charge in [-0.2, -0.15) is 0 Å². The lowest BCUT2D eigenvalue weighted by Gasteiger charge is -2.21. The molecule has 1 aliphatic carbocycles. The molecule has 0 saturated heterocycles. The van der Waals surface area contributed by atoms with Crippen molar-refractivity contribution in [2.45, 2.75) is 44.9 Å². The van der Waals surface area contributed by atoms with E-state index in [-0.39, 0.29) is 17.9 Å². The molecule has 0 spiro atoms. The van der Waals surface area contributed by atoms with E-state index in [2.05, 4.69) is 5.32 Å². The lowest BCUT2D eigenvalue weighted by molar-refractivity contribution is -0.120. The maximum atomic E-state index is 11.9. The van der Waals surface area contributed by atoms with Gasteiger partial charge >= 0.3 is 5.97 Å². The highest BCUT2D eigenvalue weighted by atomic mass is 16.4.